The van der Waals surface area contributed by atoms with Gasteiger partial charge in [0.1, 0.15) is 5.75 Å². The second-order valence-corrected chi connectivity index (χ2v) is 9.00. The summed E-state index contributed by atoms with van der Waals surface area (Å²) in [4.78, 5) is 13.0. The number of carbonyl (C=O) groups is 1. The maximum absolute atomic E-state index is 13.0. The second kappa shape index (κ2) is 6.34. The molecule has 1 unspecified atom stereocenters. The summed E-state index contributed by atoms with van der Waals surface area (Å²) >= 11 is 0. The van der Waals surface area contributed by atoms with Crippen molar-refractivity contribution in [1.29, 1.82) is 0 Å². The third-order valence-corrected chi connectivity index (χ3v) is 7.63. The van der Waals surface area contributed by atoms with E-state index in [1.807, 2.05) is 6.07 Å². The summed E-state index contributed by atoms with van der Waals surface area (Å²) in [7, 11) is 1.70. The number of hydrogen-bond donors (Lipinski definition) is 0. The average molecular weight is 373 g/mol. The van der Waals surface area contributed by atoms with Gasteiger partial charge in [0.15, 0.2) is 5.78 Å². The topological polar surface area (TPSA) is 26.3 Å². The largest absolute Gasteiger partial charge is 0.496 e. The van der Waals surface area contributed by atoms with Gasteiger partial charge in [-0.1, -0.05) is 49.4 Å². The first kappa shape index (κ1) is 17.7. The van der Waals surface area contributed by atoms with Crippen LogP contribution in [0.3, 0.4) is 0 Å². The van der Waals surface area contributed by atoms with Crippen LogP contribution in [0.4, 0.5) is 0 Å². The lowest BCUT2D eigenvalue weighted by atomic mass is 9.56. The maximum Gasteiger partial charge on any atom is 0.167 e. The minimum absolute atomic E-state index is 0.109. The van der Waals surface area contributed by atoms with E-state index in [4.69, 9.17) is 4.74 Å². The molecule has 0 aromatic heterocycles. The van der Waals surface area contributed by atoms with Gasteiger partial charge in [0, 0.05) is 12.3 Å². The van der Waals surface area contributed by atoms with Crippen molar-refractivity contribution in [2.24, 2.45) is 5.92 Å². The molecule has 0 spiro atoms. The highest BCUT2D eigenvalue weighted by molar-refractivity contribution is 6.05. The summed E-state index contributed by atoms with van der Waals surface area (Å²) in [5, 5.41) is 0. The van der Waals surface area contributed by atoms with E-state index in [9.17, 15) is 4.79 Å². The molecule has 3 aliphatic rings. The fourth-order valence-corrected chi connectivity index (χ4v) is 6.31. The van der Waals surface area contributed by atoms with E-state index in [1.54, 1.807) is 7.11 Å². The number of Topliss-reactive ketones (excluding diaryl/α,β-unsaturated/α-hetero) is 1. The summed E-state index contributed by atoms with van der Waals surface area (Å²) in [6.07, 6.45) is 6.29. The summed E-state index contributed by atoms with van der Waals surface area (Å²) in [5.41, 5.74) is 7.69. The fourth-order valence-electron chi connectivity index (χ4n) is 6.31. The van der Waals surface area contributed by atoms with Crippen molar-refractivity contribution in [3.8, 4) is 5.75 Å². The minimum Gasteiger partial charge on any atom is -0.496 e. The van der Waals surface area contributed by atoms with Gasteiger partial charge in [-0.15, -0.1) is 0 Å². The van der Waals surface area contributed by atoms with Gasteiger partial charge >= 0.3 is 0 Å². The number of rotatable bonds is 2. The van der Waals surface area contributed by atoms with Crippen molar-refractivity contribution in [1.82, 2.24) is 0 Å². The van der Waals surface area contributed by atoms with Crippen LogP contribution in [0, 0.1) is 5.92 Å². The number of fused-ring (bicyclic) bond motifs is 5. The monoisotopic (exact) mass is 372 g/mol. The predicted octanol–water partition coefficient (Wildman–Crippen LogP) is 5.97. The zero-order valence-electron chi connectivity index (χ0n) is 16.9. The lowest BCUT2D eigenvalue weighted by molar-refractivity contribution is 0.0989. The standard InChI is InChI=1S/C26H28O2/c1-16-8-7-13-26(2)20(16)12-11-18-21(26)15-23(28-3)25-22(27)14-19(24(18)25)17-9-5-4-6-10-17/h4-6,9-10,15,19-20H,1,7-8,11-14H2,2-3H3/t19?,20-,26-/m0/s1. The zero-order chi connectivity index (χ0) is 19.5. The van der Waals surface area contributed by atoms with Gasteiger partial charge in [0.05, 0.1) is 12.7 Å². The molecular weight excluding hydrogens is 344 g/mol. The van der Waals surface area contributed by atoms with Crippen molar-refractivity contribution < 1.29 is 9.53 Å². The molecule has 1 fully saturated rings. The van der Waals surface area contributed by atoms with Crippen molar-refractivity contribution >= 4 is 5.78 Å². The van der Waals surface area contributed by atoms with Gasteiger partial charge in [-0.2, -0.15) is 0 Å². The highest BCUT2D eigenvalue weighted by Crippen LogP contribution is 2.56. The Kier molecular flexibility index (Phi) is 4.01. The molecule has 3 aliphatic carbocycles. The highest BCUT2D eigenvalue weighted by atomic mass is 16.5. The van der Waals surface area contributed by atoms with Crippen LogP contribution in [0.25, 0.3) is 0 Å². The van der Waals surface area contributed by atoms with Crippen LogP contribution < -0.4 is 4.74 Å². The van der Waals surface area contributed by atoms with E-state index in [0.29, 0.717) is 12.3 Å². The van der Waals surface area contributed by atoms with Crippen molar-refractivity contribution in [3.63, 3.8) is 0 Å². The first-order valence-corrected chi connectivity index (χ1v) is 10.5. The first-order valence-electron chi connectivity index (χ1n) is 10.5. The number of ether oxygens (including phenoxy) is 1. The van der Waals surface area contributed by atoms with Crippen LogP contribution in [0.5, 0.6) is 5.75 Å². The Bertz CT molecular complexity index is 972. The van der Waals surface area contributed by atoms with Crippen LogP contribution in [0.1, 0.15) is 77.6 Å². The van der Waals surface area contributed by atoms with Crippen molar-refractivity contribution in [2.75, 3.05) is 7.11 Å². The van der Waals surface area contributed by atoms with Gasteiger partial charge in [0.25, 0.3) is 0 Å². The summed E-state index contributed by atoms with van der Waals surface area (Å²) in [6.45, 7) is 6.84. The summed E-state index contributed by atoms with van der Waals surface area (Å²) < 4.78 is 5.79. The molecule has 0 N–H and O–H groups in total. The van der Waals surface area contributed by atoms with E-state index in [0.717, 1.165) is 30.6 Å². The molecule has 2 heteroatoms. The molecule has 3 atom stereocenters. The first-order chi connectivity index (χ1) is 13.5. The van der Waals surface area contributed by atoms with Crippen molar-refractivity contribution in [3.05, 3.63) is 76.4 Å². The average Bonchev–Trinajstić information content (AvgIpc) is 3.06. The Hall–Kier alpha value is -2.35. The molecule has 5 rings (SSSR count). The minimum atomic E-state index is 0.109. The van der Waals surface area contributed by atoms with Crippen LogP contribution >= 0.6 is 0 Å². The van der Waals surface area contributed by atoms with Crippen LogP contribution in [-0.2, 0) is 11.8 Å². The third kappa shape index (κ3) is 2.36. The number of methoxy groups -OCH3 is 1. The van der Waals surface area contributed by atoms with Crippen LogP contribution in [-0.4, -0.2) is 12.9 Å². The normalized spacial score (nSPS) is 28.5. The fraction of sp³-hybridized carbons (Fsp3) is 0.423. The molecule has 2 nitrogen and oxygen atoms in total. The quantitative estimate of drug-likeness (QED) is 0.607. The van der Waals surface area contributed by atoms with Crippen molar-refractivity contribution in [2.45, 2.75) is 56.8 Å². The Labute approximate surface area is 167 Å². The van der Waals surface area contributed by atoms with E-state index >= 15 is 0 Å². The number of allylic oxidation sites excluding steroid dienone is 1. The van der Waals surface area contributed by atoms with Gasteiger partial charge in [0.2, 0.25) is 0 Å². The van der Waals surface area contributed by atoms with E-state index in [2.05, 4.69) is 43.8 Å². The van der Waals surface area contributed by atoms with Crippen LogP contribution in [0.2, 0.25) is 0 Å². The lowest BCUT2D eigenvalue weighted by Gasteiger charge is -2.48. The molecule has 1 saturated carbocycles. The molecule has 0 amide bonds. The van der Waals surface area contributed by atoms with Gasteiger partial charge in [-0.25, -0.2) is 0 Å². The van der Waals surface area contributed by atoms with Gasteiger partial charge < -0.3 is 4.74 Å². The SMILES string of the molecule is C=C1CCC[C@]2(C)c3cc(OC)c4c(c3CC[C@@H]12)C(c1ccccc1)CC4=O. The molecule has 0 bridgehead atoms. The van der Waals surface area contributed by atoms with E-state index in [1.165, 1.54) is 40.7 Å². The molecule has 2 aromatic carbocycles. The van der Waals surface area contributed by atoms with E-state index in [-0.39, 0.29) is 17.1 Å². The lowest BCUT2D eigenvalue weighted by Crippen LogP contribution is -2.41. The molecule has 28 heavy (non-hydrogen) atoms. The summed E-state index contributed by atoms with van der Waals surface area (Å²) in [6, 6.07) is 12.7. The Morgan fingerprint density at radius 1 is 1.18 bits per heavy atom. The number of carbonyl (C=O) groups excluding carboxylic acids is 1. The number of ketones is 1. The Morgan fingerprint density at radius 3 is 2.71 bits per heavy atom. The highest BCUT2D eigenvalue weighted by Gasteiger charge is 2.47. The van der Waals surface area contributed by atoms with E-state index < -0.39 is 0 Å². The third-order valence-electron chi connectivity index (χ3n) is 7.63. The Morgan fingerprint density at radius 2 is 1.96 bits per heavy atom. The summed E-state index contributed by atoms with van der Waals surface area (Å²) in [5.74, 6) is 1.70. The zero-order valence-corrected chi connectivity index (χ0v) is 16.9. The molecular formula is C26H28O2. The Balaban J connectivity index is 1.76. The molecule has 0 aliphatic heterocycles. The molecule has 2 aromatic rings. The number of hydrogen-bond acceptors (Lipinski definition) is 2. The van der Waals surface area contributed by atoms with Gasteiger partial charge in [-0.3, -0.25) is 4.79 Å². The molecule has 0 saturated heterocycles. The maximum atomic E-state index is 13.0. The smallest absolute Gasteiger partial charge is 0.167 e. The van der Waals surface area contributed by atoms with Gasteiger partial charge in [-0.05, 0) is 71.8 Å². The number of benzene rings is 2. The van der Waals surface area contributed by atoms with Crippen LogP contribution in [0.15, 0.2) is 48.6 Å². The molecule has 0 heterocycles. The molecule has 144 valence electrons. The molecule has 0 radical (unpaired) electrons. The predicted molar refractivity (Wildman–Crippen MR) is 112 cm³/mol. The second-order valence-electron chi connectivity index (χ2n) is 9.00.